The van der Waals surface area contributed by atoms with Gasteiger partial charge in [-0.25, -0.2) is 0 Å². The first-order chi connectivity index (χ1) is 17.0. The van der Waals surface area contributed by atoms with Crippen LogP contribution < -0.4 is 4.90 Å². The van der Waals surface area contributed by atoms with E-state index < -0.39 is 0 Å². The van der Waals surface area contributed by atoms with Crippen LogP contribution in [-0.4, -0.2) is 37.6 Å². The van der Waals surface area contributed by atoms with Crippen molar-refractivity contribution >= 4 is 40.2 Å². The number of thiophene rings is 1. The first kappa shape index (κ1) is 25.1. The molecule has 186 valence electrons. The van der Waals surface area contributed by atoms with E-state index in [1.165, 1.54) is 56.3 Å². The van der Waals surface area contributed by atoms with Gasteiger partial charge in [-0.15, -0.1) is 0 Å². The molecule has 0 bridgehead atoms. The Balaban J connectivity index is 1.21. The Bertz CT molecular complexity index is 1090. The maximum absolute atomic E-state index is 6.75. The van der Waals surface area contributed by atoms with Crippen LogP contribution in [0, 0.1) is 12.8 Å². The number of nitrogens with zero attached hydrogens (tertiary/aromatic N) is 2. The summed E-state index contributed by atoms with van der Waals surface area (Å²) in [6.45, 7) is 7.59. The lowest BCUT2D eigenvalue weighted by Gasteiger charge is -2.39. The summed E-state index contributed by atoms with van der Waals surface area (Å²) in [7, 11) is 0. The molecular formula is C30H36Cl2N2S. The largest absolute Gasteiger partial charge is 0.368 e. The Hall–Kier alpha value is -1.52. The lowest BCUT2D eigenvalue weighted by atomic mass is 9.79. The SMILES string of the molecule is Cc1ccc(Cl)c(N2CC[C@@](CN3CCC(CCCc4ccccc4)CC3)(c3ccsc3)C2)c1Cl. The maximum atomic E-state index is 6.75. The number of rotatable bonds is 8. The third kappa shape index (κ3) is 5.74. The highest BCUT2D eigenvalue weighted by molar-refractivity contribution is 7.08. The summed E-state index contributed by atoms with van der Waals surface area (Å²) in [6.07, 6.45) is 7.67. The van der Waals surface area contributed by atoms with E-state index in [1.54, 1.807) is 0 Å². The summed E-state index contributed by atoms with van der Waals surface area (Å²) < 4.78 is 0. The van der Waals surface area contributed by atoms with E-state index in [-0.39, 0.29) is 5.41 Å². The quantitative estimate of drug-likeness (QED) is 0.291. The first-order valence-corrected chi connectivity index (χ1v) is 14.7. The van der Waals surface area contributed by atoms with E-state index in [0.29, 0.717) is 0 Å². The molecule has 0 N–H and O–H groups in total. The van der Waals surface area contributed by atoms with Crippen LogP contribution in [0.15, 0.2) is 59.3 Å². The van der Waals surface area contributed by atoms with E-state index in [9.17, 15) is 0 Å². The van der Waals surface area contributed by atoms with Crippen LogP contribution >= 0.6 is 34.5 Å². The van der Waals surface area contributed by atoms with Crippen molar-refractivity contribution in [1.29, 1.82) is 0 Å². The Labute approximate surface area is 224 Å². The van der Waals surface area contributed by atoms with Crippen molar-refractivity contribution in [2.75, 3.05) is 37.6 Å². The number of hydrogen-bond acceptors (Lipinski definition) is 3. The van der Waals surface area contributed by atoms with Crippen LogP contribution in [0.5, 0.6) is 0 Å². The first-order valence-electron chi connectivity index (χ1n) is 13.0. The number of anilines is 1. The fraction of sp³-hybridized carbons (Fsp3) is 0.467. The number of aryl methyl sites for hydroxylation is 2. The van der Waals surface area contributed by atoms with Crippen molar-refractivity contribution in [3.8, 4) is 0 Å². The molecule has 5 rings (SSSR count). The minimum Gasteiger partial charge on any atom is -0.368 e. The Morgan fingerprint density at radius 1 is 1.00 bits per heavy atom. The zero-order valence-electron chi connectivity index (χ0n) is 20.7. The molecule has 2 fully saturated rings. The van der Waals surface area contributed by atoms with Gasteiger partial charge in [0.2, 0.25) is 0 Å². The summed E-state index contributed by atoms with van der Waals surface area (Å²) in [4.78, 5) is 5.17. The van der Waals surface area contributed by atoms with Crippen molar-refractivity contribution in [1.82, 2.24) is 4.90 Å². The van der Waals surface area contributed by atoms with Gasteiger partial charge < -0.3 is 9.80 Å². The van der Waals surface area contributed by atoms with Crippen LogP contribution in [0.3, 0.4) is 0 Å². The monoisotopic (exact) mass is 526 g/mol. The van der Waals surface area contributed by atoms with E-state index in [4.69, 9.17) is 23.2 Å². The van der Waals surface area contributed by atoms with Gasteiger partial charge in [-0.05, 0) is 97.6 Å². The van der Waals surface area contributed by atoms with Gasteiger partial charge in [0.05, 0.1) is 15.7 Å². The molecule has 0 unspecified atom stereocenters. The maximum Gasteiger partial charge on any atom is 0.0747 e. The molecule has 0 aliphatic carbocycles. The van der Waals surface area contributed by atoms with Crippen molar-refractivity contribution in [2.45, 2.75) is 50.9 Å². The summed E-state index contributed by atoms with van der Waals surface area (Å²) >= 11 is 15.2. The van der Waals surface area contributed by atoms with Gasteiger partial charge in [-0.2, -0.15) is 11.3 Å². The molecule has 1 atom stereocenters. The number of piperidine rings is 1. The average molecular weight is 528 g/mol. The van der Waals surface area contributed by atoms with Gasteiger partial charge >= 0.3 is 0 Å². The van der Waals surface area contributed by atoms with Crippen LogP contribution in [0.1, 0.15) is 48.8 Å². The minimum absolute atomic E-state index is 0.135. The summed E-state index contributed by atoms with van der Waals surface area (Å²) in [5.41, 5.74) is 5.20. The number of likely N-dealkylation sites (tertiary alicyclic amines) is 1. The van der Waals surface area contributed by atoms with Crippen LogP contribution in [-0.2, 0) is 11.8 Å². The van der Waals surface area contributed by atoms with Crippen LogP contribution in [0.25, 0.3) is 0 Å². The molecule has 0 spiro atoms. The number of benzene rings is 2. The molecule has 2 nitrogen and oxygen atoms in total. The molecular weight excluding hydrogens is 491 g/mol. The molecule has 3 heterocycles. The second kappa shape index (κ2) is 11.3. The zero-order chi connectivity index (χ0) is 24.3. The highest BCUT2D eigenvalue weighted by atomic mass is 35.5. The molecule has 2 aliphatic rings. The Morgan fingerprint density at radius 2 is 1.80 bits per heavy atom. The molecule has 0 radical (unpaired) electrons. The second-order valence-electron chi connectivity index (χ2n) is 10.6. The molecule has 0 saturated carbocycles. The van der Waals surface area contributed by atoms with Gasteiger partial charge in [0, 0.05) is 25.0 Å². The van der Waals surface area contributed by atoms with Gasteiger partial charge in [0.1, 0.15) is 0 Å². The second-order valence-corrected chi connectivity index (χ2v) is 12.2. The standard InChI is InChI=1S/C30H36Cl2N2S/c1-23-10-11-27(31)29(28(23)32)34-18-15-30(22-34,26-14-19-35-20-26)21-33-16-12-25(13-17-33)9-5-8-24-6-3-2-4-7-24/h2-4,6-7,10-11,14,19-20,25H,5,8-9,12-13,15-18,21-22H2,1H3/t30-/m0/s1. The predicted molar refractivity (Wildman–Crippen MR) is 153 cm³/mol. The summed E-state index contributed by atoms with van der Waals surface area (Å²) in [6, 6.07) is 17.3. The lowest BCUT2D eigenvalue weighted by molar-refractivity contribution is 0.147. The smallest absolute Gasteiger partial charge is 0.0747 e. The third-order valence-corrected chi connectivity index (χ3v) is 9.68. The van der Waals surface area contributed by atoms with Crippen molar-refractivity contribution in [3.05, 3.63) is 86.0 Å². The predicted octanol–water partition coefficient (Wildman–Crippen LogP) is 8.25. The lowest BCUT2D eigenvalue weighted by Crippen LogP contribution is -2.46. The molecule has 1 aromatic heterocycles. The van der Waals surface area contributed by atoms with Crippen molar-refractivity contribution in [2.24, 2.45) is 5.92 Å². The van der Waals surface area contributed by atoms with Crippen LogP contribution in [0.2, 0.25) is 10.0 Å². The van der Waals surface area contributed by atoms with Gasteiger partial charge in [0.15, 0.2) is 0 Å². The van der Waals surface area contributed by atoms with E-state index in [1.807, 2.05) is 23.5 Å². The number of halogens is 2. The number of hydrogen-bond donors (Lipinski definition) is 0. The molecule has 2 saturated heterocycles. The highest BCUT2D eigenvalue weighted by Crippen LogP contribution is 2.44. The topological polar surface area (TPSA) is 6.48 Å². The fourth-order valence-electron chi connectivity index (χ4n) is 6.12. The minimum atomic E-state index is 0.135. The molecule has 3 aromatic rings. The molecule has 0 amide bonds. The highest BCUT2D eigenvalue weighted by Gasteiger charge is 2.42. The average Bonchev–Trinajstić information content (AvgIpc) is 3.55. The Kier molecular flexibility index (Phi) is 8.08. The van der Waals surface area contributed by atoms with E-state index in [0.717, 1.165) is 53.3 Å². The van der Waals surface area contributed by atoms with Gasteiger partial charge in [-0.3, -0.25) is 0 Å². The summed E-state index contributed by atoms with van der Waals surface area (Å²) in [5.74, 6) is 0.872. The van der Waals surface area contributed by atoms with E-state index in [2.05, 4.69) is 63.9 Å². The van der Waals surface area contributed by atoms with Gasteiger partial charge in [0.25, 0.3) is 0 Å². The fourth-order valence-corrected chi connectivity index (χ4v) is 7.51. The molecule has 2 aliphatic heterocycles. The molecule has 2 aromatic carbocycles. The van der Waals surface area contributed by atoms with Crippen molar-refractivity contribution in [3.63, 3.8) is 0 Å². The Morgan fingerprint density at radius 3 is 2.54 bits per heavy atom. The summed E-state index contributed by atoms with van der Waals surface area (Å²) in [5, 5.41) is 6.15. The molecule has 5 heteroatoms. The normalized spacial score (nSPS) is 21.6. The van der Waals surface area contributed by atoms with Crippen molar-refractivity contribution < 1.29 is 0 Å². The van der Waals surface area contributed by atoms with Crippen LogP contribution in [0.4, 0.5) is 5.69 Å². The molecule has 35 heavy (non-hydrogen) atoms. The zero-order valence-corrected chi connectivity index (χ0v) is 23.0. The third-order valence-electron chi connectivity index (χ3n) is 8.22. The van der Waals surface area contributed by atoms with Gasteiger partial charge in [-0.1, -0.05) is 66.0 Å². The van der Waals surface area contributed by atoms with E-state index >= 15 is 0 Å².